The summed E-state index contributed by atoms with van der Waals surface area (Å²) in [7, 11) is 0. The van der Waals surface area contributed by atoms with E-state index < -0.39 is 6.10 Å². The summed E-state index contributed by atoms with van der Waals surface area (Å²) >= 11 is 2.23. The van der Waals surface area contributed by atoms with Crippen LogP contribution < -0.4 is 0 Å². The third-order valence-electron chi connectivity index (χ3n) is 3.13. The Balaban J connectivity index is 3.22. The van der Waals surface area contributed by atoms with Gasteiger partial charge in [0.15, 0.2) is 5.78 Å². The molecule has 0 spiro atoms. The van der Waals surface area contributed by atoms with Gasteiger partial charge in [-0.1, -0.05) is 19.4 Å². The first-order chi connectivity index (χ1) is 7.75. The fraction of sp³-hybridized carbons (Fsp3) is 0.643. The predicted octanol–water partition coefficient (Wildman–Crippen LogP) is 3.78. The first-order valence-electron chi connectivity index (χ1n) is 6.03. The number of halogens is 1. The minimum absolute atomic E-state index is 0.00147. The van der Waals surface area contributed by atoms with Crippen LogP contribution in [0.5, 0.6) is 0 Å². The van der Waals surface area contributed by atoms with Crippen molar-refractivity contribution in [2.24, 2.45) is 5.41 Å². The van der Waals surface area contributed by atoms with Gasteiger partial charge in [0.1, 0.15) is 0 Å². The third-order valence-corrected chi connectivity index (χ3v) is 5.17. The summed E-state index contributed by atoms with van der Waals surface area (Å²) in [6, 6.07) is 0. The molecule has 0 saturated heterocycles. The number of hydrogen-bond donors (Lipinski definition) is 1. The predicted molar refractivity (Wildman–Crippen MR) is 79.1 cm³/mol. The molecule has 2 nitrogen and oxygen atoms in total. The second-order valence-corrected chi connectivity index (χ2v) is 6.68. The van der Waals surface area contributed by atoms with Crippen LogP contribution in [0.1, 0.15) is 47.0 Å². The van der Waals surface area contributed by atoms with Gasteiger partial charge in [0.2, 0.25) is 0 Å². The quantitative estimate of drug-likeness (QED) is 0.609. The molecule has 0 aliphatic heterocycles. The van der Waals surface area contributed by atoms with E-state index in [0.29, 0.717) is 12.0 Å². The molecule has 0 heterocycles. The second kappa shape index (κ2) is 5.65. The zero-order valence-electron chi connectivity index (χ0n) is 11.0. The molecular weight excluding hydrogens is 327 g/mol. The molecule has 17 heavy (non-hydrogen) atoms. The summed E-state index contributed by atoms with van der Waals surface area (Å²) in [5, 5.41) is 10.1. The van der Waals surface area contributed by atoms with E-state index in [9.17, 15) is 9.90 Å². The maximum absolute atomic E-state index is 12.2. The van der Waals surface area contributed by atoms with Crippen molar-refractivity contribution in [1.82, 2.24) is 0 Å². The first-order valence-corrected chi connectivity index (χ1v) is 7.11. The molecular formula is C14H21IO2. The highest BCUT2D eigenvalue weighted by molar-refractivity contribution is 14.1. The molecule has 0 radical (unpaired) electrons. The minimum Gasteiger partial charge on any atom is -0.388 e. The Hall–Kier alpha value is -0.160. The van der Waals surface area contributed by atoms with Crippen LogP contribution in [0.25, 0.3) is 0 Å². The van der Waals surface area contributed by atoms with Crippen molar-refractivity contribution < 1.29 is 9.90 Å². The number of rotatable bonds is 2. The Morgan fingerprint density at radius 1 is 1.47 bits per heavy atom. The molecule has 1 atom stereocenters. The van der Waals surface area contributed by atoms with Crippen molar-refractivity contribution in [3.05, 3.63) is 20.8 Å². The average molecular weight is 348 g/mol. The van der Waals surface area contributed by atoms with Crippen LogP contribution in [0.4, 0.5) is 0 Å². The molecule has 1 aliphatic rings. The van der Waals surface area contributed by atoms with Crippen LogP contribution in [0.15, 0.2) is 20.8 Å². The summed E-state index contributed by atoms with van der Waals surface area (Å²) in [4.78, 5) is 12.2. The van der Waals surface area contributed by atoms with E-state index in [0.717, 1.165) is 22.0 Å². The van der Waals surface area contributed by atoms with Gasteiger partial charge in [0, 0.05) is 9.15 Å². The van der Waals surface area contributed by atoms with Gasteiger partial charge in [-0.2, -0.15) is 0 Å². The first kappa shape index (κ1) is 14.9. The lowest BCUT2D eigenvalue weighted by molar-refractivity contribution is -0.112. The van der Waals surface area contributed by atoms with Crippen LogP contribution in [0, 0.1) is 5.41 Å². The Morgan fingerprint density at radius 3 is 2.59 bits per heavy atom. The topological polar surface area (TPSA) is 37.3 Å². The van der Waals surface area contributed by atoms with Crippen molar-refractivity contribution in [1.29, 1.82) is 0 Å². The van der Waals surface area contributed by atoms with Gasteiger partial charge in [0.05, 0.1) is 6.10 Å². The molecule has 1 N–H and O–H groups in total. The zero-order chi connectivity index (χ0) is 13.2. The number of ketones is 1. The average Bonchev–Trinajstić information content (AvgIpc) is 2.24. The van der Waals surface area contributed by atoms with Gasteiger partial charge in [0.25, 0.3) is 0 Å². The third kappa shape index (κ3) is 3.65. The van der Waals surface area contributed by atoms with E-state index in [1.54, 1.807) is 6.08 Å². The Morgan fingerprint density at radius 2 is 2.06 bits per heavy atom. The maximum atomic E-state index is 12.2. The Labute approximate surface area is 117 Å². The molecule has 0 fully saturated rings. The maximum Gasteiger partial charge on any atom is 0.185 e. The molecule has 1 unspecified atom stereocenters. The van der Waals surface area contributed by atoms with Crippen LogP contribution in [-0.4, -0.2) is 17.0 Å². The smallest absolute Gasteiger partial charge is 0.185 e. The fourth-order valence-electron chi connectivity index (χ4n) is 2.11. The lowest BCUT2D eigenvalue weighted by Gasteiger charge is -2.24. The lowest BCUT2D eigenvalue weighted by atomic mass is 9.87. The van der Waals surface area contributed by atoms with Gasteiger partial charge in [-0.05, 0) is 67.2 Å². The molecule has 1 aliphatic carbocycles. The van der Waals surface area contributed by atoms with Crippen molar-refractivity contribution in [2.45, 2.75) is 53.1 Å². The highest BCUT2D eigenvalue weighted by atomic mass is 127. The van der Waals surface area contributed by atoms with E-state index >= 15 is 0 Å². The Bertz CT molecular complexity index is 374. The van der Waals surface area contributed by atoms with E-state index in [4.69, 9.17) is 0 Å². The summed E-state index contributed by atoms with van der Waals surface area (Å²) in [6.45, 7) is 8.09. The van der Waals surface area contributed by atoms with Crippen molar-refractivity contribution in [3.8, 4) is 0 Å². The van der Waals surface area contributed by atoms with Crippen LogP contribution in [0.2, 0.25) is 0 Å². The number of allylic oxidation sites excluding steroid dienone is 3. The summed E-state index contributed by atoms with van der Waals surface area (Å²) in [5.41, 5.74) is 1.58. The Kier molecular flexibility index (Phi) is 4.95. The summed E-state index contributed by atoms with van der Waals surface area (Å²) in [6.07, 6.45) is 3.69. The van der Waals surface area contributed by atoms with Crippen molar-refractivity contribution >= 4 is 28.4 Å². The molecule has 0 bridgehead atoms. The van der Waals surface area contributed by atoms with Gasteiger partial charge in [-0.3, -0.25) is 4.79 Å². The number of aliphatic hydroxyl groups is 1. The molecule has 0 aromatic heterocycles. The monoisotopic (exact) mass is 348 g/mol. The number of carbonyl (C=O) groups excluding carboxylic acids is 1. The number of hydrogen-bond acceptors (Lipinski definition) is 2. The molecule has 0 saturated carbocycles. The van der Waals surface area contributed by atoms with Crippen molar-refractivity contribution in [2.75, 3.05) is 0 Å². The van der Waals surface area contributed by atoms with Gasteiger partial charge in [-0.25, -0.2) is 0 Å². The molecule has 1 rings (SSSR count). The zero-order valence-corrected chi connectivity index (χ0v) is 13.2. The molecule has 96 valence electrons. The number of aliphatic hydroxyl groups excluding tert-OH is 1. The van der Waals surface area contributed by atoms with Gasteiger partial charge in [-0.15, -0.1) is 0 Å². The molecule has 0 aromatic rings. The molecule has 3 heteroatoms. The SMILES string of the molecule is CC(C)=CC(=O)C1=C(I)C(C)(C)CCCC1O. The van der Waals surface area contributed by atoms with Crippen molar-refractivity contribution in [3.63, 3.8) is 0 Å². The van der Waals surface area contributed by atoms with Crippen LogP contribution >= 0.6 is 22.6 Å². The van der Waals surface area contributed by atoms with E-state index in [1.165, 1.54) is 0 Å². The highest BCUT2D eigenvalue weighted by Gasteiger charge is 2.32. The van der Waals surface area contributed by atoms with Gasteiger partial charge < -0.3 is 5.11 Å². The standard InChI is InChI=1S/C14H21IO2/c1-9(2)8-11(17)12-10(16)6-5-7-14(3,4)13(12)15/h8,10,16H,5-7H2,1-4H3. The highest BCUT2D eigenvalue weighted by Crippen LogP contribution is 2.42. The molecule has 0 aromatic carbocycles. The minimum atomic E-state index is -0.605. The van der Waals surface area contributed by atoms with Crippen LogP contribution in [-0.2, 0) is 4.79 Å². The van der Waals surface area contributed by atoms with E-state index in [-0.39, 0.29) is 11.2 Å². The second-order valence-electron chi connectivity index (χ2n) is 5.61. The lowest BCUT2D eigenvalue weighted by Crippen LogP contribution is -2.19. The van der Waals surface area contributed by atoms with Gasteiger partial charge >= 0.3 is 0 Å². The fourth-order valence-corrected chi connectivity index (χ4v) is 3.01. The van der Waals surface area contributed by atoms with E-state index in [2.05, 4.69) is 36.4 Å². The normalized spacial score (nSPS) is 24.2. The number of carbonyl (C=O) groups is 1. The summed E-state index contributed by atoms with van der Waals surface area (Å²) in [5.74, 6) is -0.0307. The molecule has 0 amide bonds. The summed E-state index contributed by atoms with van der Waals surface area (Å²) < 4.78 is 1.02. The van der Waals surface area contributed by atoms with E-state index in [1.807, 2.05) is 13.8 Å². The largest absolute Gasteiger partial charge is 0.388 e. The van der Waals surface area contributed by atoms with Crippen LogP contribution in [0.3, 0.4) is 0 Å².